The Bertz CT molecular complexity index is 632. The van der Waals surface area contributed by atoms with Gasteiger partial charge in [-0.3, -0.25) is 9.89 Å². The molecule has 0 unspecified atom stereocenters. The monoisotopic (exact) mass is 393 g/mol. The number of rotatable bonds is 11. The average Bonchev–Trinajstić information content (AvgIpc) is 3.20. The molecule has 0 atom stereocenters. The van der Waals surface area contributed by atoms with E-state index in [4.69, 9.17) is 9.73 Å². The van der Waals surface area contributed by atoms with Gasteiger partial charge in [0, 0.05) is 13.2 Å². The fourth-order valence-corrected chi connectivity index (χ4v) is 3.84. The van der Waals surface area contributed by atoms with E-state index in [9.17, 15) is 0 Å². The molecule has 4 nitrogen and oxygen atoms in total. The lowest BCUT2D eigenvalue weighted by molar-refractivity contribution is 0.137. The van der Waals surface area contributed by atoms with Crippen molar-refractivity contribution in [3.05, 3.63) is 23.3 Å². The van der Waals surface area contributed by atoms with Crippen molar-refractivity contribution in [2.75, 3.05) is 36.2 Å². The smallest absolute Gasteiger partial charge is 0.207 e. The Morgan fingerprint density at radius 2 is 1.56 bits per heavy atom. The summed E-state index contributed by atoms with van der Waals surface area (Å²) in [5.74, 6) is 1.07. The van der Waals surface area contributed by atoms with Crippen LogP contribution in [0.5, 0.6) is 0 Å². The van der Waals surface area contributed by atoms with E-state index in [-0.39, 0.29) is 12.4 Å². The number of hydrogen-bond acceptors (Lipinski definition) is 4. The van der Waals surface area contributed by atoms with Gasteiger partial charge in [-0.05, 0) is 43.5 Å². The van der Waals surface area contributed by atoms with Gasteiger partial charge in [-0.15, -0.1) is 12.4 Å². The molecule has 152 valence electrons. The molecular formula is C22H36ClN3O. The molecule has 0 fully saturated rings. The number of nitrogens with zero attached hydrogens (tertiary/aromatic N) is 3. The van der Waals surface area contributed by atoms with Crippen LogP contribution < -0.4 is 9.80 Å². The molecule has 27 heavy (non-hydrogen) atoms. The van der Waals surface area contributed by atoms with Crippen molar-refractivity contribution in [2.45, 2.75) is 72.1 Å². The van der Waals surface area contributed by atoms with Gasteiger partial charge in [0.1, 0.15) is 6.73 Å². The highest BCUT2D eigenvalue weighted by Crippen LogP contribution is 2.40. The van der Waals surface area contributed by atoms with E-state index in [1.165, 1.54) is 67.4 Å². The van der Waals surface area contributed by atoms with E-state index < -0.39 is 0 Å². The fourth-order valence-electron chi connectivity index (χ4n) is 3.84. The van der Waals surface area contributed by atoms with Crippen molar-refractivity contribution >= 4 is 29.7 Å². The summed E-state index contributed by atoms with van der Waals surface area (Å²) in [5, 5.41) is 0. The third-order valence-corrected chi connectivity index (χ3v) is 5.59. The first kappa shape index (κ1) is 22.0. The van der Waals surface area contributed by atoms with E-state index in [1.807, 2.05) is 0 Å². The topological polar surface area (TPSA) is 28.1 Å². The number of halogens is 1. The minimum absolute atomic E-state index is 0. The number of aliphatic imine (C=N–C) groups is 1. The first-order valence-corrected chi connectivity index (χ1v) is 10.5. The van der Waals surface area contributed by atoms with Gasteiger partial charge in [0.2, 0.25) is 5.96 Å². The summed E-state index contributed by atoms with van der Waals surface area (Å²) >= 11 is 0. The van der Waals surface area contributed by atoms with E-state index in [2.05, 4.69) is 42.7 Å². The lowest BCUT2D eigenvalue weighted by Crippen LogP contribution is -2.36. The zero-order chi connectivity index (χ0) is 18.4. The van der Waals surface area contributed by atoms with Crippen LogP contribution in [0, 0.1) is 13.8 Å². The normalized spacial score (nSPS) is 14.9. The number of ether oxygens (including phenoxy) is 1. The number of hydrogen-bond donors (Lipinski definition) is 0. The third-order valence-electron chi connectivity index (χ3n) is 5.59. The molecule has 5 heteroatoms. The third kappa shape index (κ3) is 5.39. The van der Waals surface area contributed by atoms with E-state index >= 15 is 0 Å². The second-order valence-electron chi connectivity index (χ2n) is 7.70. The van der Waals surface area contributed by atoms with Gasteiger partial charge >= 0.3 is 0 Å². The highest BCUT2D eigenvalue weighted by atomic mass is 35.5. The van der Waals surface area contributed by atoms with E-state index in [1.54, 1.807) is 0 Å². The van der Waals surface area contributed by atoms with Gasteiger partial charge in [0.25, 0.3) is 0 Å². The van der Waals surface area contributed by atoms with Crippen molar-refractivity contribution in [3.8, 4) is 0 Å². The Balaban J connectivity index is 0.00000261. The summed E-state index contributed by atoms with van der Waals surface area (Å²) in [5.41, 5.74) is 5.22. The highest BCUT2D eigenvalue weighted by molar-refractivity contribution is 6.17. The maximum absolute atomic E-state index is 6.02. The van der Waals surface area contributed by atoms with Gasteiger partial charge in [-0.2, -0.15) is 0 Å². The second kappa shape index (κ2) is 10.9. The van der Waals surface area contributed by atoms with Crippen LogP contribution in [0.1, 0.15) is 69.4 Å². The summed E-state index contributed by atoms with van der Waals surface area (Å²) in [7, 11) is 0. The minimum Gasteiger partial charge on any atom is -0.361 e. The standard InChI is InChI=1S/C22H35N3O.ClH/c1-4-5-6-7-8-9-10-11-14-26-17-25-21-16-19(3)18(2)15-20(21)24-13-12-23-22(24)25;/h15-16H,4-14,17H2,1-3H3;1H. The quantitative estimate of drug-likeness (QED) is 0.442. The SMILES string of the molecule is CCCCCCCCCCOCN1C2=NCCN2c2cc(C)c(C)cc21.Cl. The predicted octanol–water partition coefficient (Wildman–Crippen LogP) is 5.84. The molecule has 0 radical (unpaired) electrons. The molecule has 0 aromatic heterocycles. The molecule has 0 N–H and O–H groups in total. The van der Waals surface area contributed by atoms with Crippen molar-refractivity contribution < 1.29 is 4.74 Å². The molecule has 1 aromatic carbocycles. The zero-order valence-electron chi connectivity index (χ0n) is 17.3. The molecule has 1 aromatic rings. The maximum atomic E-state index is 6.02. The molecule has 0 saturated carbocycles. The summed E-state index contributed by atoms with van der Waals surface area (Å²) < 4.78 is 6.02. The number of guanidine groups is 1. The summed E-state index contributed by atoms with van der Waals surface area (Å²) in [4.78, 5) is 9.29. The lowest BCUT2D eigenvalue weighted by Gasteiger charge is -2.19. The largest absolute Gasteiger partial charge is 0.361 e. The van der Waals surface area contributed by atoms with Crippen LogP contribution in [-0.4, -0.2) is 32.4 Å². The Hall–Kier alpha value is -1.26. The summed E-state index contributed by atoms with van der Waals surface area (Å²) in [6, 6.07) is 4.58. The number of aryl methyl sites for hydroxylation is 2. The maximum Gasteiger partial charge on any atom is 0.207 e. The van der Waals surface area contributed by atoms with Crippen LogP contribution in [-0.2, 0) is 4.74 Å². The Labute approximate surface area is 171 Å². The molecule has 0 amide bonds. The molecular weight excluding hydrogens is 358 g/mol. The minimum atomic E-state index is 0. The Morgan fingerprint density at radius 1 is 0.926 bits per heavy atom. The molecule has 3 rings (SSSR count). The predicted molar refractivity (Wildman–Crippen MR) is 119 cm³/mol. The van der Waals surface area contributed by atoms with Crippen LogP contribution >= 0.6 is 12.4 Å². The van der Waals surface area contributed by atoms with Gasteiger partial charge in [0.05, 0.1) is 17.9 Å². The molecule has 2 aliphatic rings. The van der Waals surface area contributed by atoms with Crippen LogP contribution in [0.3, 0.4) is 0 Å². The number of fused-ring (bicyclic) bond motifs is 3. The molecule has 0 aliphatic carbocycles. The fraction of sp³-hybridized carbons (Fsp3) is 0.682. The molecule has 0 bridgehead atoms. The van der Waals surface area contributed by atoms with Crippen molar-refractivity contribution in [1.82, 2.24) is 0 Å². The van der Waals surface area contributed by atoms with Gasteiger partial charge in [0.15, 0.2) is 0 Å². The summed E-state index contributed by atoms with van der Waals surface area (Å²) in [6.07, 6.45) is 10.7. The second-order valence-corrected chi connectivity index (χ2v) is 7.70. The molecule has 0 saturated heterocycles. The first-order valence-electron chi connectivity index (χ1n) is 10.5. The van der Waals surface area contributed by atoms with E-state index in [0.29, 0.717) is 6.73 Å². The van der Waals surface area contributed by atoms with Gasteiger partial charge in [-0.25, -0.2) is 0 Å². The van der Waals surface area contributed by atoms with Crippen LogP contribution in [0.2, 0.25) is 0 Å². The number of anilines is 2. The van der Waals surface area contributed by atoms with Gasteiger partial charge < -0.3 is 9.64 Å². The number of benzene rings is 1. The zero-order valence-corrected chi connectivity index (χ0v) is 18.1. The molecule has 0 spiro atoms. The molecule has 2 heterocycles. The molecule has 2 aliphatic heterocycles. The Kier molecular flexibility index (Phi) is 8.91. The van der Waals surface area contributed by atoms with Crippen LogP contribution in [0.4, 0.5) is 11.4 Å². The lowest BCUT2D eigenvalue weighted by atomic mass is 10.1. The van der Waals surface area contributed by atoms with Crippen LogP contribution in [0.15, 0.2) is 17.1 Å². The summed E-state index contributed by atoms with van der Waals surface area (Å²) in [6.45, 7) is 9.97. The number of unbranched alkanes of at least 4 members (excludes halogenated alkanes) is 7. The van der Waals surface area contributed by atoms with Crippen molar-refractivity contribution in [3.63, 3.8) is 0 Å². The van der Waals surface area contributed by atoms with E-state index in [0.717, 1.165) is 32.1 Å². The van der Waals surface area contributed by atoms with Gasteiger partial charge in [-0.1, -0.05) is 51.9 Å². The highest BCUT2D eigenvalue weighted by Gasteiger charge is 2.35. The van der Waals surface area contributed by atoms with Crippen molar-refractivity contribution in [2.24, 2.45) is 4.99 Å². The average molecular weight is 394 g/mol. The Morgan fingerprint density at radius 3 is 2.26 bits per heavy atom. The first-order chi connectivity index (χ1) is 12.7. The van der Waals surface area contributed by atoms with Crippen LogP contribution in [0.25, 0.3) is 0 Å². The van der Waals surface area contributed by atoms with Crippen molar-refractivity contribution in [1.29, 1.82) is 0 Å².